The number of nitrogens with two attached hydrogens (primary N) is 1. The minimum atomic E-state index is 0.549. The lowest BCUT2D eigenvalue weighted by atomic mass is 10.2. The van der Waals surface area contributed by atoms with E-state index in [0.717, 1.165) is 29.4 Å². The fourth-order valence-electron chi connectivity index (χ4n) is 2.16. The second-order valence-electron chi connectivity index (χ2n) is 4.86. The van der Waals surface area contributed by atoms with Crippen LogP contribution in [0.5, 0.6) is 0 Å². The molecular weight excluding hydrogens is 226 g/mol. The highest BCUT2D eigenvalue weighted by atomic mass is 16.3. The Bertz CT molecular complexity index is 532. The smallest absolute Gasteiger partial charge is 0.152 e. The van der Waals surface area contributed by atoms with E-state index >= 15 is 0 Å². The molecule has 1 fully saturated rings. The van der Waals surface area contributed by atoms with E-state index < -0.39 is 0 Å². The molecule has 1 aliphatic rings. The highest BCUT2D eigenvalue weighted by molar-refractivity contribution is 5.64. The predicted octanol–water partition coefficient (Wildman–Crippen LogP) is 2.73. The molecule has 0 saturated heterocycles. The zero-order valence-corrected chi connectivity index (χ0v) is 10.5. The van der Waals surface area contributed by atoms with Crippen molar-refractivity contribution in [2.24, 2.45) is 0 Å². The van der Waals surface area contributed by atoms with Crippen LogP contribution < -0.4 is 10.6 Å². The third-order valence-electron chi connectivity index (χ3n) is 3.20. The van der Waals surface area contributed by atoms with Gasteiger partial charge in [0.25, 0.3) is 0 Å². The first-order valence-corrected chi connectivity index (χ1v) is 6.25. The van der Waals surface area contributed by atoms with Crippen LogP contribution in [0.2, 0.25) is 0 Å². The summed E-state index contributed by atoms with van der Waals surface area (Å²) < 4.78 is 5.42. The third-order valence-corrected chi connectivity index (χ3v) is 3.20. The lowest BCUT2D eigenvalue weighted by Crippen LogP contribution is -2.26. The van der Waals surface area contributed by atoms with Crippen molar-refractivity contribution in [2.75, 3.05) is 10.6 Å². The molecule has 3 rings (SSSR count). The maximum Gasteiger partial charge on any atom is 0.152 e. The first-order valence-electron chi connectivity index (χ1n) is 6.25. The van der Waals surface area contributed by atoms with E-state index in [1.54, 1.807) is 6.26 Å². The highest BCUT2D eigenvalue weighted by Crippen LogP contribution is 2.34. The van der Waals surface area contributed by atoms with Gasteiger partial charge < -0.3 is 15.1 Å². The molecule has 0 atom stereocenters. The van der Waals surface area contributed by atoms with Crippen molar-refractivity contribution in [1.82, 2.24) is 4.98 Å². The molecule has 0 bridgehead atoms. The van der Waals surface area contributed by atoms with Gasteiger partial charge in [0.15, 0.2) is 5.82 Å². The standard InChI is InChI=1S/C14H17N3O/c1-10-7-13(15)14(16-8-10)17(11-4-5-11)9-12-3-2-6-18-12/h2-3,6-8,11H,4-5,9,15H2,1H3. The Labute approximate surface area is 106 Å². The number of aryl methyl sites for hydroxylation is 1. The number of hydrogen-bond donors (Lipinski definition) is 1. The number of pyridine rings is 1. The minimum absolute atomic E-state index is 0.549. The van der Waals surface area contributed by atoms with Gasteiger partial charge in [0.2, 0.25) is 0 Å². The molecule has 4 heteroatoms. The first kappa shape index (κ1) is 11.1. The second kappa shape index (κ2) is 4.37. The van der Waals surface area contributed by atoms with Crippen LogP contribution in [0.25, 0.3) is 0 Å². The topological polar surface area (TPSA) is 55.3 Å². The summed E-state index contributed by atoms with van der Waals surface area (Å²) in [5, 5.41) is 0. The van der Waals surface area contributed by atoms with Gasteiger partial charge >= 0.3 is 0 Å². The summed E-state index contributed by atoms with van der Waals surface area (Å²) in [5.41, 5.74) is 7.91. The van der Waals surface area contributed by atoms with Crippen LogP contribution >= 0.6 is 0 Å². The van der Waals surface area contributed by atoms with Gasteiger partial charge in [-0.2, -0.15) is 0 Å². The van der Waals surface area contributed by atoms with Gasteiger partial charge in [-0.15, -0.1) is 0 Å². The summed E-state index contributed by atoms with van der Waals surface area (Å²) in [4.78, 5) is 6.72. The van der Waals surface area contributed by atoms with Crippen molar-refractivity contribution in [2.45, 2.75) is 32.4 Å². The largest absolute Gasteiger partial charge is 0.467 e. The molecule has 1 saturated carbocycles. The third kappa shape index (κ3) is 2.18. The molecule has 4 nitrogen and oxygen atoms in total. The second-order valence-corrected chi connectivity index (χ2v) is 4.86. The van der Waals surface area contributed by atoms with Crippen LogP contribution in [-0.4, -0.2) is 11.0 Å². The Balaban J connectivity index is 1.89. The number of rotatable bonds is 4. The van der Waals surface area contributed by atoms with E-state index in [4.69, 9.17) is 10.2 Å². The Hall–Kier alpha value is -1.97. The summed E-state index contributed by atoms with van der Waals surface area (Å²) in [6.45, 7) is 2.74. The summed E-state index contributed by atoms with van der Waals surface area (Å²) in [6.07, 6.45) is 5.97. The fourth-order valence-corrected chi connectivity index (χ4v) is 2.16. The van der Waals surface area contributed by atoms with Gasteiger partial charge in [0, 0.05) is 12.2 Å². The van der Waals surface area contributed by atoms with E-state index in [2.05, 4.69) is 9.88 Å². The van der Waals surface area contributed by atoms with E-state index in [1.165, 1.54) is 12.8 Å². The molecule has 0 aliphatic heterocycles. The van der Waals surface area contributed by atoms with Crippen LogP contribution in [0.4, 0.5) is 11.5 Å². The molecule has 2 aromatic rings. The van der Waals surface area contributed by atoms with Gasteiger partial charge in [-0.3, -0.25) is 0 Å². The number of aromatic nitrogens is 1. The molecule has 94 valence electrons. The van der Waals surface area contributed by atoms with Crippen LogP contribution in [0.15, 0.2) is 35.1 Å². The molecule has 2 N–H and O–H groups in total. The Morgan fingerprint density at radius 3 is 2.94 bits per heavy atom. The average Bonchev–Trinajstić information content (AvgIpc) is 3.05. The minimum Gasteiger partial charge on any atom is -0.467 e. The van der Waals surface area contributed by atoms with Crippen molar-refractivity contribution in [1.29, 1.82) is 0 Å². The Kier molecular flexibility index (Phi) is 2.70. The lowest BCUT2D eigenvalue weighted by molar-refractivity contribution is 0.500. The molecule has 18 heavy (non-hydrogen) atoms. The van der Waals surface area contributed by atoms with Gasteiger partial charge in [-0.1, -0.05) is 0 Å². The maximum atomic E-state index is 6.08. The molecular formula is C14H17N3O. The molecule has 0 radical (unpaired) electrons. The van der Waals surface area contributed by atoms with Crippen molar-refractivity contribution >= 4 is 11.5 Å². The number of nitrogen functional groups attached to an aromatic ring is 1. The van der Waals surface area contributed by atoms with Gasteiger partial charge in [-0.25, -0.2) is 4.98 Å². The quantitative estimate of drug-likeness (QED) is 0.897. The summed E-state index contributed by atoms with van der Waals surface area (Å²) in [6, 6.07) is 6.42. The van der Waals surface area contributed by atoms with E-state index in [9.17, 15) is 0 Å². The summed E-state index contributed by atoms with van der Waals surface area (Å²) in [5.74, 6) is 1.82. The molecule has 0 amide bonds. The highest BCUT2D eigenvalue weighted by Gasteiger charge is 2.31. The molecule has 0 spiro atoms. The Morgan fingerprint density at radius 2 is 2.33 bits per heavy atom. The van der Waals surface area contributed by atoms with Gasteiger partial charge in [0.05, 0.1) is 18.5 Å². The van der Waals surface area contributed by atoms with Crippen molar-refractivity contribution in [3.63, 3.8) is 0 Å². The number of nitrogens with zero attached hydrogens (tertiary/aromatic N) is 2. The first-order chi connectivity index (χ1) is 8.74. The summed E-state index contributed by atoms with van der Waals surface area (Å²) >= 11 is 0. The van der Waals surface area contributed by atoms with Crippen LogP contribution in [0, 0.1) is 6.92 Å². The number of hydrogen-bond acceptors (Lipinski definition) is 4. The van der Waals surface area contributed by atoms with Gasteiger partial charge in [0.1, 0.15) is 5.76 Å². The molecule has 2 aromatic heterocycles. The normalized spacial score (nSPS) is 14.7. The SMILES string of the molecule is Cc1cnc(N(Cc2ccco2)C2CC2)c(N)c1. The van der Waals surface area contributed by atoms with Crippen LogP contribution in [0.3, 0.4) is 0 Å². The number of anilines is 2. The molecule has 0 aromatic carbocycles. The predicted molar refractivity (Wildman–Crippen MR) is 71.3 cm³/mol. The van der Waals surface area contributed by atoms with Crippen molar-refractivity contribution in [3.8, 4) is 0 Å². The lowest BCUT2D eigenvalue weighted by Gasteiger charge is -2.23. The molecule has 2 heterocycles. The van der Waals surface area contributed by atoms with Crippen LogP contribution in [0.1, 0.15) is 24.2 Å². The van der Waals surface area contributed by atoms with Crippen molar-refractivity contribution < 1.29 is 4.42 Å². The molecule has 0 unspecified atom stereocenters. The zero-order chi connectivity index (χ0) is 12.5. The average molecular weight is 243 g/mol. The fraction of sp³-hybridized carbons (Fsp3) is 0.357. The molecule has 1 aliphatic carbocycles. The van der Waals surface area contributed by atoms with Crippen molar-refractivity contribution in [3.05, 3.63) is 42.0 Å². The van der Waals surface area contributed by atoms with Gasteiger partial charge in [-0.05, 0) is 43.5 Å². The van der Waals surface area contributed by atoms with E-state index in [-0.39, 0.29) is 0 Å². The maximum absolute atomic E-state index is 6.08. The van der Waals surface area contributed by atoms with E-state index in [1.807, 2.05) is 31.3 Å². The summed E-state index contributed by atoms with van der Waals surface area (Å²) in [7, 11) is 0. The Morgan fingerprint density at radius 1 is 1.50 bits per heavy atom. The zero-order valence-electron chi connectivity index (χ0n) is 10.5. The number of furan rings is 1. The van der Waals surface area contributed by atoms with E-state index in [0.29, 0.717) is 6.04 Å². The monoisotopic (exact) mass is 243 g/mol. The van der Waals surface area contributed by atoms with Crippen LogP contribution in [-0.2, 0) is 6.54 Å².